The molecule has 1 aromatic heterocycles. The second-order valence-electron chi connectivity index (χ2n) is 3.14. The molecular formula is C10H16N2O3. The number of hydrogen-bond donors (Lipinski definition) is 2. The van der Waals surface area contributed by atoms with Crippen molar-refractivity contribution in [1.82, 2.24) is 9.88 Å². The molecule has 0 saturated heterocycles. The highest BCUT2D eigenvalue weighted by atomic mass is 16.4. The molecule has 5 heteroatoms. The van der Waals surface area contributed by atoms with Crippen LogP contribution in [0.5, 0.6) is 0 Å². The van der Waals surface area contributed by atoms with E-state index in [0.717, 1.165) is 0 Å². The highest BCUT2D eigenvalue weighted by Crippen LogP contribution is 1.92. The van der Waals surface area contributed by atoms with Crippen LogP contribution in [0.25, 0.3) is 0 Å². The lowest BCUT2D eigenvalue weighted by Gasteiger charge is -2.11. The van der Waals surface area contributed by atoms with Crippen LogP contribution in [0.2, 0.25) is 0 Å². The number of pyridine rings is 1. The van der Waals surface area contributed by atoms with Crippen LogP contribution < -0.4 is 0 Å². The number of aliphatic hydroxyl groups excluding tert-OH is 1. The average molecular weight is 212 g/mol. The summed E-state index contributed by atoms with van der Waals surface area (Å²) in [6.45, 7) is 1.72. The van der Waals surface area contributed by atoms with Crippen molar-refractivity contribution in [2.75, 3.05) is 14.1 Å². The normalized spacial score (nSPS) is 11.5. The van der Waals surface area contributed by atoms with Crippen molar-refractivity contribution in [2.45, 2.75) is 13.2 Å². The van der Waals surface area contributed by atoms with Gasteiger partial charge in [0.25, 0.3) is 0 Å². The lowest BCUT2D eigenvalue weighted by Crippen LogP contribution is -2.23. The Morgan fingerprint density at radius 2 is 2.07 bits per heavy atom. The van der Waals surface area contributed by atoms with Gasteiger partial charge in [0.05, 0.1) is 5.56 Å². The number of nitrogens with zero attached hydrogens (tertiary/aromatic N) is 2. The van der Waals surface area contributed by atoms with Gasteiger partial charge in [-0.05, 0) is 33.2 Å². The minimum absolute atomic E-state index is 0.220. The highest BCUT2D eigenvalue weighted by Gasteiger charge is 1.97. The van der Waals surface area contributed by atoms with E-state index in [1.54, 1.807) is 17.9 Å². The number of rotatable bonds is 2. The quantitative estimate of drug-likeness (QED) is 0.705. The van der Waals surface area contributed by atoms with Crippen molar-refractivity contribution in [2.24, 2.45) is 0 Å². The summed E-state index contributed by atoms with van der Waals surface area (Å²) in [5.41, 5.74) is 0.220. The van der Waals surface area contributed by atoms with E-state index in [0.29, 0.717) is 0 Å². The fourth-order valence-corrected chi connectivity index (χ4v) is 0.489. The van der Waals surface area contributed by atoms with E-state index in [1.807, 2.05) is 14.1 Å². The van der Waals surface area contributed by atoms with Crippen LogP contribution in [-0.4, -0.2) is 46.4 Å². The predicted octanol–water partition coefficient (Wildman–Crippen LogP) is 0.666. The average Bonchev–Trinajstić information content (AvgIpc) is 2.20. The zero-order chi connectivity index (χ0) is 11.8. The summed E-state index contributed by atoms with van der Waals surface area (Å²) >= 11 is 0. The molecule has 0 aliphatic rings. The molecule has 0 spiro atoms. The Morgan fingerprint density at radius 3 is 2.27 bits per heavy atom. The molecule has 0 radical (unpaired) electrons. The first kappa shape index (κ1) is 13.5. The lowest BCUT2D eigenvalue weighted by atomic mass is 10.3. The first-order chi connectivity index (χ1) is 6.95. The second kappa shape index (κ2) is 6.92. The number of carboxylic acid groups (broad SMARTS) is 1. The monoisotopic (exact) mass is 212 g/mol. The summed E-state index contributed by atoms with van der Waals surface area (Å²) in [5.74, 6) is -0.942. The Labute approximate surface area is 89.0 Å². The maximum absolute atomic E-state index is 10.2. The van der Waals surface area contributed by atoms with E-state index in [1.165, 1.54) is 18.5 Å². The topological polar surface area (TPSA) is 73.7 Å². The summed E-state index contributed by atoms with van der Waals surface area (Å²) in [4.78, 5) is 15.5. The zero-order valence-corrected chi connectivity index (χ0v) is 9.08. The van der Waals surface area contributed by atoms with E-state index in [2.05, 4.69) is 4.98 Å². The smallest absolute Gasteiger partial charge is 0.337 e. The molecule has 84 valence electrons. The Hall–Kier alpha value is -1.46. The third-order valence-corrected chi connectivity index (χ3v) is 1.66. The van der Waals surface area contributed by atoms with Crippen molar-refractivity contribution in [3.63, 3.8) is 0 Å². The Balaban J connectivity index is 0.000000288. The Kier molecular flexibility index (Phi) is 6.24. The maximum Gasteiger partial charge on any atom is 0.337 e. The van der Waals surface area contributed by atoms with Gasteiger partial charge in [-0.3, -0.25) is 9.88 Å². The van der Waals surface area contributed by atoms with Crippen molar-refractivity contribution >= 4 is 5.97 Å². The summed E-state index contributed by atoms with van der Waals surface area (Å²) in [7, 11) is 3.65. The second-order valence-corrected chi connectivity index (χ2v) is 3.14. The third-order valence-electron chi connectivity index (χ3n) is 1.66. The minimum Gasteiger partial charge on any atom is -0.478 e. The van der Waals surface area contributed by atoms with Gasteiger partial charge in [0.15, 0.2) is 0 Å². The van der Waals surface area contributed by atoms with Crippen LogP contribution in [0.4, 0.5) is 0 Å². The van der Waals surface area contributed by atoms with Gasteiger partial charge in [0.2, 0.25) is 0 Å². The molecule has 5 nitrogen and oxygen atoms in total. The van der Waals surface area contributed by atoms with Gasteiger partial charge in [-0.2, -0.15) is 0 Å². The fourth-order valence-electron chi connectivity index (χ4n) is 0.489. The SMILES string of the molecule is CC(O)N(C)C.O=C(O)c1cccnc1. The maximum atomic E-state index is 10.2. The zero-order valence-electron chi connectivity index (χ0n) is 9.08. The van der Waals surface area contributed by atoms with E-state index < -0.39 is 5.97 Å². The van der Waals surface area contributed by atoms with Crippen LogP contribution in [0.3, 0.4) is 0 Å². The van der Waals surface area contributed by atoms with Crippen LogP contribution in [0, 0.1) is 0 Å². The number of aliphatic hydroxyl groups is 1. The molecule has 0 fully saturated rings. The van der Waals surface area contributed by atoms with Crippen molar-refractivity contribution in [3.8, 4) is 0 Å². The lowest BCUT2D eigenvalue weighted by molar-refractivity contribution is 0.0578. The number of aromatic carboxylic acids is 1. The molecule has 15 heavy (non-hydrogen) atoms. The minimum atomic E-state index is -0.942. The number of aromatic nitrogens is 1. The molecular weight excluding hydrogens is 196 g/mol. The Morgan fingerprint density at radius 1 is 1.53 bits per heavy atom. The molecule has 1 aromatic rings. The van der Waals surface area contributed by atoms with Gasteiger partial charge in [-0.1, -0.05) is 0 Å². The molecule has 2 N–H and O–H groups in total. The summed E-state index contributed by atoms with van der Waals surface area (Å²) in [5, 5.41) is 16.9. The highest BCUT2D eigenvalue weighted by molar-refractivity contribution is 5.86. The van der Waals surface area contributed by atoms with E-state index >= 15 is 0 Å². The van der Waals surface area contributed by atoms with Gasteiger partial charge in [0, 0.05) is 12.4 Å². The van der Waals surface area contributed by atoms with Gasteiger partial charge >= 0.3 is 5.97 Å². The van der Waals surface area contributed by atoms with Gasteiger partial charge in [-0.25, -0.2) is 4.79 Å². The van der Waals surface area contributed by atoms with Gasteiger partial charge in [0.1, 0.15) is 6.23 Å². The third kappa shape index (κ3) is 6.59. The number of hydrogen-bond acceptors (Lipinski definition) is 4. The number of carbonyl (C=O) groups is 1. The first-order valence-electron chi connectivity index (χ1n) is 4.43. The molecule has 0 bridgehead atoms. The summed E-state index contributed by atoms with van der Waals surface area (Å²) in [6.07, 6.45) is 2.53. The molecule has 0 aliphatic heterocycles. The standard InChI is InChI=1S/C6H5NO2.C4H11NO/c8-6(9)5-2-1-3-7-4-5;1-4(6)5(2)3/h1-4H,(H,8,9);4,6H,1-3H3. The summed E-state index contributed by atoms with van der Waals surface area (Å²) < 4.78 is 0. The first-order valence-corrected chi connectivity index (χ1v) is 4.43. The molecule has 1 heterocycles. The van der Waals surface area contributed by atoms with Gasteiger partial charge < -0.3 is 10.2 Å². The largest absolute Gasteiger partial charge is 0.478 e. The van der Waals surface area contributed by atoms with Gasteiger partial charge in [-0.15, -0.1) is 0 Å². The molecule has 1 rings (SSSR count). The molecule has 0 aromatic carbocycles. The van der Waals surface area contributed by atoms with E-state index in [9.17, 15) is 4.79 Å². The molecule has 1 atom stereocenters. The van der Waals surface area contributed by atoms with Crippen LogP contribution in [-0.2, 0) is 0 Å². The van der Waals surface area contributed by atoms with Crippen LogP contribution in [0.1, 0.15) is 17.3 Å². The van der Waals surface area contributed by atoms with Crippen molar-refractivity contribution < 1.29 is 15.0 Å². The van der Waals surface area contributed by atoms with Crippen LogP contribution in [0.15, 0.2) is 24.5 Å². The van der Waals surface area contributed by atoms with E-state index in [-0.39, 0.29) is 11.8 Å². The van der Waals surface area contributed by atoms with Crippen molar-refractivity contribution in [1.29, 1.82) is 0 Å². The molecule has 1 unspecified atom stereocenters. The number of carboxylic acids is 1. The van der Waals surface area contributed by atoms with Crippen LogP contribution >= 0.6 is 0 Å². The predicted molar refractivity (Wildman–Crippen MR) is 56.6 cm³/mol. The van der Waals surface area contributed by atoms with E-state index in [4.69, 9.17) is 10.2 Å². The fraction of sp³-hybridized carbons (Fsp3) is 0.400. The Bertz CT molecular complexity index is 280. The molecule has 0 amide bonds. The van der Waals surface area contributed by atoms with Crippen molar-refractivity contribution in [3.05, 3.63) is 30.1 Å². The molecule has 0 saturated carbocycles. The molecule has 0 aliphatic carbocycles. The summed E-state index contributed by atoms with van der Waals surface area (Å²) in [6, 6.07) is 3.08.